The Balaban J connectivity index is 1.45. The first-order valence-electron chi connectivity index (χ1n) is 11.8. The minimum atomic E-state index is -0.101. The number of hydrogen-bond donors (Lipinski definition) is 2. The van der Waals surface area contributed by atoms with Gasteiger partial charge in [0.15, 0.2) is 0 Å². The maximum absolute atomic E-state index is 12.5. The number of aryl methyl sites for hydroxylation is 1. The summed E-state index contributed by atoms with van der Waals surface area (Å²) in [7, 11) is 1.69. The monoisotopic (exact) mass is 454 g/mol. The number of likely N-dealkylation sites (N-methyl/N-ethyl adjacent to an activating group) is 1. The first-order chi connectivity index (χ1) is 16.5. The summed E-state index contributed by atoms with van der Waals surface area (Å²) in [5.41, 5.74) is 8.39. The Hall–Kier alpha value is -3.64. The molecule has 1 saturated heterocycles. The summed E-state index contributed by atoms with van der Waals surface area (Å²) in [6, 6.07) is 16.5. The number of aromatic amines is 1. The topological polar surface area (TPSA) is 72.5 Å². The molecule has 2 aromatic carbocycles. The fourth-order valence-corrected chi connectivity index (χ4v) is 4.81. The molecule has 0 saturated carbocycles. The van der Waals surface area contributed by atoms with Crippen molar-refractivity contribution in [2.24, 2.45) is 0 Å². The molecule has 0 atom stereocenters. The van der Waals surface area contributed by atoms with Crippen molar-refractivity contribution in [2.45, 2.75) is 19.8 Å². The number of aliphatic hydroxyl groups is 1. The van der Waals surface area contributed by atoms with Gasteiger partial charge >= 0.3 is 0 Å². The average molecular weight is 455 g/mol. The van der Waals surface area contributed by atoms with E-state index in [9.17, 15) is 4.79 Å². The lowest BCUT2D eigenvalue weighted by molar-refractivity contribution is 0.0767. The highest BCUT2D eigenvalue weighted by atomic mass is 16.3. The summed E-state index contributed by atoms with van der Waals surface area (Å²) in [5, 5.41) is 10.1. The molecule has 0 aliphatic carbocycles. The van der Waals surface area contributed by atoms with Crippen LogP contribution >= 0.6 is 0 Å². The molecule has 1 aliphatic heterocycles. The van der Waals surface area contributed by atoms with E-state index in [0.717, 1.165) is 46.4 Å². The van der Waals surface area contributed by atoms with Gasteiger partial charge in [0.2, 0.25) is 0 Å². The molecule has 0 spiro atoms. The molecule has 34 heavy (non-hydrogen) atoms. The smallest absolute Gasteiger partial charge is 0.253 e. The van der Waals surface area contributed by atoms with Crippen molar-refractivity contribution in [1.29, 1.82) is 0 Å². The fourth-order valence-electron chi connectivity index (χ4n) is 4.81. The first-order valence-corrected chi connectivity index (χ1v) is 11.8. The predicted octanol–water partition coefficient (Wildman–Crippen LogP) is 4.87. The van der Waals surface area contributed by atoms with E-state index in [2.05, 4.69) is 46.1 Å². The van der Waals surface area contributed by atoms with Gasteiger partial charge < -0.3 is 19.9 Å². The van der Waals surface area contributed by atoms with Crippen molar-refractivity contribution in [1.82, 2.24) is 14.9 Å². The molecular weight excluding hydrogens is 424 g/mol. The maximum atomic E-state index is 12.5. The van der Waals surface area contributed by atoms with Crippen LogP contribution in [0.5, 0.6) is 0 Å². The van der Waals surface area contributed by atoms with Gasteiger partial charge in [-0.15, -0.1) is 0 Å². The van der Waals surface area contributed by atoms with Gasteiger partial charge in [0.05, 0.1) is 6.61 Å². The first kappa shape index (κ1) is 22.2. The number of rotatable bonds is 6. The van der Waals surface area contributed by atoms with E-state index in [1.54, 1.807) is 7.05 Å². The molecule has 1 aliphatic rings. The van der Waals surface area contributed by atoms with Gasteiger partial charge in [-0.3, -0.25) is 4.79 Å². The van der Waals surface area contributed by atoms with E-state index in [1.165, 1.54) is 29.0 Å². The van der Waals surface area contributed by atoms with Gasteiger partial charge in [-0.1, -0.05) is 18.2 Å². The Labute approximate surface area is 199 Å². The van der Waals surface area contributed by atoms with Crippen molar-refractivity contribution in [2.75, 3.05) is 38.2 Å². The highest BCUT2D eigenvalue weighted by molar-refractivity contribution is 5.98. The van der Waals surface area contributed by atoms with Crippen molar-refractivity contribution in [3.05, 3.63) is 72.1 Å². The summed E-state index contributed by atoms with van der Waals surface area (Å²) in [6.45, 7) is 4.73. The van der Waals surface area contributed by atoms with Gasteiger partial charge in [0, 0.05) is 66.8 Å². The molecule has 3 heterocycles. The lowest BCUT2D eigenvalue weighted by Crippen LogP contribution is -2.29. The number of aliphatic hydroxyl groups excluding tert-OH is 1. The molecule has 0 radical (unpaired) electrons. The number of hydrogen-bond acceptors (Lipinski definition) is 4. The van der Waals surface area contributed by atoms with Gasteiger partial charge in [-0.2, -0.15) is 0 Å². The Morgan fingerprint density at radius 1 is 1.06 bits per heavy atom. The van der Waals surface area contributed by atoms with Gasteiger partial charge in [-0.25, -0.2) is 4.98 Å². The zero-order valence-corrected chi connectivity index (χ0v) is 19.7. The second-order valence-electron chi connectivity index (χ2n) is 9.05. The summed E-state index contributed by atoms with van der Waals surface area (Å²) in [4.78, 5) is 24.4. The molecule has 1 fully saturated rings. The van der Waals surface area contributed by atoms with Crippen LogP contribution in [0.15, 0.2) is 60.9 Å². The fraction of sp³-hybridized carbons (Fsp3) is 0.286. The second-order valence-corrected chi connectivity index (χ2v) is 9.05. The molecule has 174 valence electrons. The number of benzene rings is 2. The van der Waals surface area contributed by atoms with Crippen LogP contribution in [0.1, 0.15) is 28.8 Å². The largest absolute Gasteiger partial charge is 0.395 e. The Bertz CT molecular complexity index is 1320. The van der Waals surface area contributed by atoms with Crippen molar-refractivity contribution < 1.29 is 9.90 Å². The Morgan fingerprint density at radius 2 is 1.79 bits per heavy atom. The minimum Gasteiger partial charge on any atom is -0.395 e. The Kier molecular flexibility index (Phi) is 6.07. The van der Waals surface area contributed by atoms with E-state index in [-0.39, 0.29) is 12.5 Å². The summed E-state index contributed by atoms with van der Waals surface area (Å²) in [6.07, 6.45) is 6.43. The second kappa shape index (κ2) is 9.31. The number of anilines is 1. The van der Waals surface area contributed by atoms with E-state index in [0.29, 0.717) is 12.1 Å². The third-order valence-electron chi connectivity index (χ3n) is 6.73. The molecular formula is C28H30N4O2. The lowest BCUT2D eigenvalue weighted by atomic mass is 10.00. The van der Waals surface area contributed by atoms with Crippen LogP contribution in [0.4, 0.5) is 5.69 Å². The molecule has 0 bridgehead atoms. The minimum absolute atomic E-state index is 0.0501. The molecule has 6 nitrogen and oxygen atoms in total. The van der Waals surface area contributed by atoms with E-state index >= 15 is 0 Å². The highest BCUT2D eigenvalue weighted by Gasteiger charge is 2.16. The standard InChI is InChI=1S/C28H30N4O2/c1-19-15-22(9-10-26(19)32-11-3-4-12-32)23-16-24-25(18-30-27(24)29-17-23)20-5-7-21(8-6-20)28(34)31(2)13-14-33/h5-10,15-18,33H,3-4,11-14H2,1-2H3,(H,29,30). The lowest BCUT2D eigenvalue weighted by Gasteiger charge is -2.20. The molecule has 1 amide bonds. The average Bonchev–Trinajstić information content (AvgIpc) is 3.54. The summed E-state index contributed by atoms with van der Waals surface area (Å²) < 4.78 is 0. The van der Waals surface area contributed by atoms with Crippen molar-refractivity contribution >= 4 is 22.6 Å². The SMILES string of the molecule is Cc1cc(-c2cnc3[nH]cc(-c4ccc(C(=O)N(C)CCO)cc4)c3c2)ccc1N1CCCC1. The number of pyridine rings is 1. The number of nitrogens with one attached hydrogen (secondary N) is 1. The Morgan fingerprint density at radius 3 is 2.50 bits per heavy atom. The zero-order chi connectivity index (χ0) is 23.7. The van der Waals surface area contributed by atoms with Gasteiger partial charge in [0.1, 0.15) is 5.65 Å². The number of carbonyl (C=O) groups is 1. The molecule has 2 aromatic heterocycles. The van der Waals surface area contributed by atoms with E-state index < -0.39 is 0 Å². The van der Waals surface area contributed by atoms with Crippen LogP contribution in [-0.4, -0.2) is 59.2 Å². The van der Waals surface area contributed by atoms with Crippen LogP contribution < -0.4 is 4.90 Å². The molecule has 6 heteroatoms. The zero-order valence-electron chi connectivity index (χ0n) is 19.7. The van der Waals surface area contributed by atoms with E-state index in [1.807, 2.05) is 36.7 Å². The molecule has 5 rings (SSSR count). The van der Waals surface area contributed by atoms with Crippen LogP contribution in [0.25, 0.3) is 33.3 Å². The number of carbonyl (C=O) groups excluding carboxylic acids is 1. The van der Waals surface area contributed by atoms with Gasteiger partial charge in [-0.05, 0) is 66.8 Å². The number of aromatic nitrogens is 2. The van der Waals surface area contributed by atoms with Crippen LogP contribution in [0.2, 0.25) is 0 Å². The summed E-state index contributed by atoms with van der Waals surface area (Å²) >= 11 is 0. The third kappa shape index (κ3) is 4.17. The van der Waals surface area contributed by atoms with Crippen LogP contribution in [0.3, 0.4) is 0 Å². The number of nitrogens with zero attached hydrogens (tertiary/aromatic N) is 3. The third-order valence-corrected chi connectivity index (χ3v) is 6.73. The predicted molar refractivity (Wildman–Crippen MR) is 137 cm³/mol. The highest BCUT2D eigenvalue weighted by Crippen LogP contribution is 2.33. The summed E-state index contributed by atoms with van der Waals surface area (Å²) in [5.74, 6) is -0.101. The number of amides is 1. The van der Waals surface area contributed by atoms with Crippen LogP contribution in [-0.2, 0) is 0 Å². The molecule has 4 aromatic rings. The van der Waals surface area contributed by atoms with Gasteiger partial charge in [0.25, 0.3) is 5.91 Å². The quantitative estimate of drug-likeness (QED) is 0.436. The van der Waals surface area contributed by atoms with Crippen molar-refractivity contribution in [3.63, 3.8) is 0 Å². The number of fused-ring (bicyclic) bond motifs is 1. The van der Waals surface area contributed by atoms with E-state index in [4.69, 9.17) is 5.11 Å². The van der Waals surface area contributed by atoms with Crippen molar-refractivity contribution in [3.8, 4) is 22.3 Å². The maximum Gasteiger partial charge on any atom is 0.253 e. The number of H-pyrrole nitrogens is 1. The van der Waals surface area contributed by atoms with Crippen LogP contribution in [0, 0.1) is 6.92 Å². The molecule has 2 N–H and O–H groups in total. The molecule has 0 unspecified atom stereocenters. The normalized spacial score (nSPS) is 13.6.